The Morgan fingerprint density at radius 3 is 2.60 bits per heavy atom. The van der Waals surface area contributed by atoms with Crippen LogP contribution >= 0.6 is 0 Å². The van der Waals surface area contributed by atoms with Gasteiger partial charge < -0.3 is 9.73 Å². The molecule has 0 bridgehead atoms. The summed E-state index contributed by atoms with van der Waals surface area (Å²) >= 11 is 0. The summed E-state index contributed by atoms with van der Waals surface area (Å²) in [5.74, 6) is 0.431. The van der Waals surface area contributed by atoms with Gasteiger partial charge in [0, 0.05) is 18.2 Å². The average Bonchev–Trinajstić information content (AvgIpc) is 2.80. The van der Waals surface area contributed by atoms with Crippen molar-refractivity contribution < 1.29 is 9.21 Å². The molecule has 100 valence electrons. The van der Waals surface area contributed by atoms with Gasteiger partial charge in [-0.3, -0.25) is 4.79 Å². The van der Waals surface area contributed by atoms with Crippen LogP contribution in [0.3, 0.4) is 0 Å². The van der Waals surface area contributed by atoms with Crippen molar-refractivity contribution in [3.8, 4) is 0 Å². The van der Waals surface area contributed by atoms with Crippen LogP contribution < -0.4 is 5.32 Å². The zero-order chi connectivity index (χ0) is 14.1. The van der Waals surface area contributed by atoms with Crippen LogP contribution in [0.5, 0.6) is 0 Å². The highest BCUT2D eigenvalue weighted by Crippen LogP contribution is 2.18. The summed E-state index contributed by atoms with van der Waals surface area (Å²) in [5.41, 5.74) is 3.86. The van der Waals surface area contributed by atoms with E-state index < -0.39 is 0 Å². The molecular formula is C16H14N2O2. The van der Waals surface area contributed by atoms with Gasteiger partial charge in [0.1, 0.15) is 5.52 Å². The zero-order valence-corrected chi connectivity index (χ0v) is 11.3. The molecule has 20 heavy (non-hydrogen) atoms. The maximum absolute atomic E-state index is 12.2. The van der Waals surface area contributed by atoms with E-state index in [1.165, 1.54) is 0 Å². The van der Waals surface area contributed by atoms with Crippen LogP contribution in [-0.2, 0) is 0 Å². The minimum atomic E-state index is -0.162. The minimum Gasteiger partial charge on any atom is -0.441 e. The van der Waals surface area contributed by atoms with Crippen LogP contribution in [0, 0.1) is 13.8 Å². The SMILES string of the molecule is Cc1ccc(NC(=O)c2ccc3nc(C)oc3c2)cc1. The third-order valence-corrected chi connectivity index (χ3v) is 3.07. The third-order valence-electron chi connectivity index (χ3n) is 3.07. The molecular weight excluding hydrogens is 252 g/mol. The Morgan fingerprint density at radius 2 is 1.85 bits per heavy atom. The number of anilines is 1. The van der Waals surface area contributed by atoms with E-state index in [-0.39, 0.29) is 5.91 Å². The van der Waals surface area contributed by atoms with E-state index in [0.29, 0.717) is 17.0 Å². The minimum absolute atomic E-state index is 0.162. The summed E-state index contributed by atoms with van der Waals surface area (Å²) in [6.07, 6.45) is 0. The molecule has 1 amide bonds. The summed E-state index contributed by atoms with van der Waals surface area (Å²) in [4.78, 5) is 16.4. The number of fused-ring (bicyclic) bond motifs is 1. The number of nitrogens with one attached hydrogen (secondary N) is 1. The molecule has 0 aliphatic carbocycles. The standard InChI is InChI=1S/C16H14N2O2/c1-10-3-6-13(7-4-10)18-16(19)12-5-8-14-15(9-12)20-11(2)17-14/h3-9H,1-2H3,(H,18,19). The predicted octanol–water partition coefficient (Wildman–Crippen LogP) is 3.70. The Balaban J connectivity index is 1.86. The number of benzene rings is 2. The van der Waals surface area contributed by atoms with Gasteiger partial charge in [0.15, 0.2) is 11.5 Å². The molecule has 0 radical (unpaired) electrons. The summed E-state index contributed by atoms with van der Waals surface area (Å²) in [6, 6.07) is 12.9. The van der Waals surface area contributed by atoms with Gasteiger partial charge in [-0.2, -0.15) is 0 Å². The largest absolute Gasteiger partial charge is 0.441 e. The molecule has 1 N–H and O–H groups in total. The number of nitrogens with zero attached hydrogens (tertiary/aromatic N) is 1. The van der Waals surface area contributed by atoms with Crippen LogP contribution in [0.15, 0.2) is 46.9 Å². The molecule has 3 aromatic rings. The normalized spacial score (nSPS) is 10.7. The molecule has 3 rings (SSSR count). The van der Waals surface area contributed by atoms with E-state index in [4.69, 9.17) is 4.42 Å². The number of rotatable bonds is 2. The molecule has 1 heterocycles. The van der Waals surface area contributed by atoms with Gasteiger partial charge in [-0.05, 0) is 37.3 Å². The molecule has 2 aromatic carbocycles. The number of hydrogen-bond acceptors (Lipinski definition) is 3. The molecule has 0 aliphatic heterocycles. The quantitative estimate of drug-likeness (QED) is 0.769. The molecule has 0 atom stereocenters. The van der Waals surface area contributed by atoms with E-state index in [0.717, 1.165) is 16.8 Å². The number of aromatic nitrogens is 1. The van der Waals surface area contributed by atoms with Gasteiger partial charge in [-0.15, -0.1) is 0 Å². The Kier molecular flexibility index (Phi) is 2.99. The van der Waals surface area contributed by atoms with Gasteiger partial charge in [0.2, 0.25) is 0 Å². The molecule has 4 nitrogen and oxygen atoms in total. The Hall–Kier alpha value is -2.62. The fourth-order valence-corrected chi connectivity index (χ4v) is 2.02. The number of oxazole rings is 1. The van der Waals surface area contributed by atoms with Crippen molar-refractivity contribution in [3.63, 3.8) is 0 Å². The molecule has 1 aromatic heterocycles. The lowest BCUT2D eigenvalue weighted by Gasteiger charge is -2.05. The predicted molar refractivity (Wildman–Crippen MR) is 77.9 cm³/mol. The zero-order valence-electron chi connectivity index (χ0n) is 11.3. The summed E-state index contributed by atoms with van der Waals surface area (Å²) in [7, 11) is 0. The van der Waals surface area contributed by atoms with Gasteiger partial charge in [0.25, 0.3) is 5.91 Å². The van der Waals surface area contributed by atoms with E-state index in [2.05, 4.69) is 10.3 Å². The summed E-state index contributed by atoms with van der Waals surface area (Å²) in [5, 5.41) is 2.86. The van der Waals surface area contributed by atoms with E-state index in [9.17, 15) is 4.79 Å². The molecule has 4 heteroatoms. The molecule has 0 saturated carbocycles. The van der Waals surface area contributed by atoms with Crippen molar-refractivity contribution in [2.75, 3.05) is 5.32 Å². The van der Waals surface area contributed by atoms with Crippen LogP contribution in [0.2, 0.25) is 0 Å². The van der Waals surface area contributed by atoms with Gasteiger partial charge in [-0.1, -0.05) is 17.7 Å². The van der Waals surface area contributed by atoms with Crippen molar-refractivity contribution in [2.24, 2.45) is 0 Å². The third kappa shape index (κ3) is 2.40. The monoisotopic (exact) mass is 266 g/mol. The first-order valence-corrected chi connectivity index (χ1v) is 6.37. The Morgan fingerprint density at radius 1 is 1.10 bits per heavy atom. The first-order valence-electron chi connectivity index (χ1n) is 6.37. The van der Waals surface area contributed by atoms with Crippen molar-refractivity contribution in [3.05, 3.63) is 59.5 Å². The maximum atomic E-state index is 12.2. The van der Waals surface area contributed by atoms with E-state index in [1.807, 2.05) is 31.2 Å². The van der Waals surface area contributed by atoms with Gasteiger partial charge in [0.05, 0.1) is 0 Å². The Bertz CT molecular complexity index is 773. The number of aryl methyl sites for hydroxylation is 2. The second-order valence-electron chi connectivity index (χ2n) is 4.74. The lowest BCUT2D eigenvalue weighted by molar-refractivity contribution is 0.102. The number of amides is 1. The van der Waals surface area contributed by atoms with Crippen molar-refractivity contribution in [1.82, 2.24) is 4.98 Å². The van der Waals surface area contributed by atoms with Crippen molar-refractivity contribution in [2.45, 2.75) is 13.8 Å². The molecule has 0 spiro atoms. The molecule has 0 fully saturated rings. The van der Waals surface area contributed by atoms with Crippen molar-refractivity contribution >= 4 is 22.7 Å². The number of carbonyl (C=O) groups excluding carboxylic acids is 1. The lowest BCUT2D eigenvalue weighted by Crippen LogP contribution is -2.11. The smallest absolute Gasteiger partial charge is 0.255 e. The van der Waals surface area contributed by atoms with E-state index >= 15 is 0 Å². The second-order valence-corrected chi connectivity index (χ2v) is 4.74. The first-order chi connectivity index (χ1) is 9.61. The average molecular weight is 266 g/mol. The first kappa shape index (κ1) is 12.4. The maximum Gasteiger partial charge on any atom is 0.255 e. The second kappa shape index (κ2) is 4.81. The molecule has 0 saturated heterocycles. The van der Waals surface area contributed by atoms with Gasteiger partial charge >= 0.3 is 0 Å². The number of hydrogen-bond donors (Lipinski definition) is 1. The highest BCUT2D eigenvalue weighted by Gasteiger charge is 2.09. The molecule has 0 unspecified atom stereocenters. The fourth-order valence-electron chi connectivity index (χ4n) is 2.02. The van der Waals surface area contributed by atoms with Crippen LogP contribution in [0.25, 0.3) is 11.1 Å². The topological polar surface area (TPSA) is 55.1 Å². The summed E-state index contributed by atoms with van der Waals surface area (Å²) in [6.45, 7) is 3.79. The van der Waals surface area contributed by atoms with Crippen LogP contribution in [0.4, 0.5) is 5.69 Å². The van der Waals surface area contributed by atoms with Crippen molar-refractivity contribution in [1.29, 1.82) is 0 Å². The molecule has 0 aliphatic rings. The van der Waals surface area contributed by atoms with Crippen LogP contribution in [-0.4, -0.2) is 10.9 Å². The Labute approximate surface area is 116 Å². The number of carbonyl (C=O) groups is 1. The lowest BCUT2D eigenvalue weighted by atomic mass is 10.2. The highest BCUT2D eigenvalue weighted by molar-refractivity contribution is 6.05. The van der Waals surface area contributed by atoms with E-state index in [1.54, 1.807) is 25.1 Å². The highest BCUT2D eigenvalue weighted by atomic mass is 16.3. The summed E-state index contributed by atoms with van der Waals surface area (Å²) < 4.78 is 5.43. The fraction of sp³-hybridized carbons (Fsp3) is 0.125. The van der Waals surface area contributed by atoms with Gasteiger partial charge in [-0.25, -0.2) is 4.98 Å². The van der Waals surface area contributed by atoms with Crippen LogP contribution in [0.1, 0.15) is 21.8 Å².